The normalized spacial score (nSPS) is 12.8. The Morgan fingerprint density at radius 1 is 1.10 bits per heavy atom. The van der Waals surface area contributed by atoms with Crippen LogP contribution in [0.25, 0.3) is 6.08 Å². The van der Waals surface area contributed by atoms with E-state index in [0.717, 1.165) is 11.1 Å². The molecule has 0 saturated carbocycles. The number of fused-ring (bicyclic) bond motifs is 1. The van der Waals surface area contributed by atoms with Gasteiger partial charge in [0.15, 0.2) is 11.5 Å². The first-order valence-electron chi connectivity index (χ1n) is 9.30. The zero-order valence-electron chi connectivity index (χ0n) is 16.7. The fourth-order valence-electron chi connectivity index (χ4n) is 3.10. The van der Waals surface area contributed by atoms with E-state index < -0.39 is 0 Å². The zero-order chi connectivity index (χ0) is 20.8. The van der Waals surface area contributed by atoms with Crippen molar-refractivity contribution >= 4 is 23.6 Å². The zero-order valence-corrected chi connectivity index (χ0v) is 16.7. The lowest BCUT2D eigenvalue weighted by atomic mass is 10.0. The number of ether oxygens (including phenoxy) is 3. The van der Waals surface area contributed by atoms with Gasteiger partial charge < -0.3 is 24.4 Å². The Morgan fingerprint density at radius 2 is 1.83 bits per heavy atom. The molecule has 0 saturated heterocycles. The minimum atomic E-state index is -0.309. The molecule has 0 aromatic heterocycles. The van der Waals surface area contributed by atoms with Gasteiger partial charge in [0.1, 0.15) is 12.3 Å². The highest BCUT2D eigenvalue weighted by molar-refractivity contribution is 5.96. The Kier molecular flexibility index (Phi) is 6.39. The van der Waals surface area contributed by atoms with Gasteiger partial charge in [-0.1, -0.05) is 12.1 Å². The Bertz CT molecular complexity index is 939. The molecule has 7 nitrogen and oxygen atoms in total. The number of methoxy groups -OCH3 is 2. The number of carbonyl (C=O) groups excluding carboxylic acids is 2. The molecule has 0 bridgehead atoms. The summed E-state index contributed by atoms with van der Waals surface area (Å²) in [7, 11) is 3.11. The number of amides is 2. The minimum Gasteiger partial charge on any atom is -0.493 e. The largest absolute Gasteiger partial charge is 0.493 e. The molecule has 0 atom stereocenters. The number of benzene rings is 2. The second kappa shape index (κ2) is 9.14. The molecular weight excluding hydrogens is 372 g/mol. The third-order valence-corrected chi connectivity index (χ3v) is 4.52. The SMILES string of the molecule is CCOc1ccccc1NC(=O)CN1C=Cc2cc(OC)c(OC)cc2CC1=O. The Labute approximate surface area is 169 Å². The lowest BCUT2D eigenvalue weighted by Crippen LogP contribution is -2.34. The second-order valence-electron chi connectivity index (χ2n) is 6.40. The van der Waals surface area contributed by atoms with Gasteiger partial charge >= 0.3 is 0 Å². The van der Waals surface area contributed by atoms with Gasteiger partial charge in [0.2, 0.25) is 11.8 Å². The molecule has 0 fully saturated rings. The molecule has 152 valence electrons. The first-order chi connectivity index (χ1) is 14.0. The molecule has 1 aliphatic heterocycles. The summed E-state index contributed by atoms with van der Waals surface area (Å²) in [5.74, 6) is 1.25. The molecule has 2 aromatic rings. The maximum atomic E-state index is 12.7. The predicted molar refractivity (Wildman–Crippen MR) is 110 cm³/mol. The summed E-state index contributed by atoms with van der Waals surface area (Å²) >= 11 is 0. The number of hydrogen-bond donors (Lipinski definition) is 1. The molecular formula is C22H24N2O5. The molecule has 0 unspecified atom stereocenters. The summed E-state index contributed by atoms with van der Waals surface area (Å²) in [5.41, 5.74) is 2.23. The van der Waals surface area contributed by atoms with E-state index in [9.17, 15) is 9.59 Å². The Balaban J connectivity index is 1.74. The van der Waals surface area contributed by atoms with Crippen molar-refractivity contribution in [3.05, 3.63) is 53.7 Å². The van der Waals surface area contributed by atoms with Crippen molar-refractivity contribution < 1.29 is 23.8 Å². The quantitative estimate of drug-likeness (QED) is 0.778. The van der Waals surface area contributed by atoms with Crippen molar-refractivity contribution in [3.8, 4) is 17.2 Å². The van der Waals surface area contributed by atoms with E-state index in [1.165, 1.54) is 4.90 Å². The predicted octanol–water partition coefficient (Wildman–Crippen LogP) is 3.10. The number of hydrogen-bond acceptors (Lipinski definition) is 5. The standard InChI is InChI=1S/C22H24N2O5/c1-4-29-18-8-6-5-7-17(18)23-21(25)14-24-10-9-15-11-19(27-2)20(28-3)12-16(15)13-22(24)26/h5-12H,4,13-14H2,1-3H3,(H,23,25). The summed E-state index contributed by atoms with van der Waals surface area (Å²) in [4.78, 5) is 26.6. The van der Waals surface area contributed by atoms with Gasteiger partial charge in [0, 0.05) is 6.20 Å². The number of nitrogens with one attached hydrogen (secondary N) is 1. The molecule has 7 heteroatoms. The second-order valence-corrected chi connectivity index (χ2v) is 6.40. The third-order valence-electron chi connectivity index (χ3n) is 4.52. The fourth-order valence-corrected chi connectivity index (χ4v) is 3.10. The molecule has 3 rings (SSSR count). The number of rotatable bonds is 7. The lowest BCUT2D eigenvalue weighted by Gasteiger charge is -2.17. The molecule has 1 N–H and O–H groups in total. The number of para-hydroxylation sites is 2. The highest BCUT2D eigenvalue weighted by Crippen LogP contribution is 2.32. The van der Waals surface area contributed by atoms with Crippen LogP contribution in [0.5, 0.6) is 17.2 Å². The van der Waals surface area contributed by atoms with Gasteiger partial charge in [-0.25, -0.2) is 0 Å². The maximum absolute atomic E-state index is 12.7. The van der Waals surface area contributed by atoms with E-state index in [2.05, 4.69) is 5.32 Å². The number of carbonyl (C=O) groups is 2. The van der Waals surface area contributed by atoms with E-state index in [1.54, 1.807) is 44.7 Å². The van der Waals surface area contributed by atoms with Crippen LogP contribution in [-0.2, 0) is 16.0 Å². The van der Waals surface area contributed by atoms with E-state index in [0.29, 0.717) is 29.5 Å². The number of anilines is 1. The molecule has 1 aliphatic rings. The fraction of sp³-hybridized carbons (Fsp3) is 0.273. The minimum absolute atomic E-state index is 0.0992. The summed E-state index contributed by atoms with van der Waals surface area (Å²) in [6.45, 7) is 2.27. The van der Waals surface area contributed by atoms with Crippen LogP contribution in [0.2, 0.25) is 0 Å². The van der Waals surface area contributed by atoms with E-state index in [4.69, 9.17) is 14.2 Å². The topological polar surface area (TPSA) is 77.1 Å². The highest BCUT2D eigenvalue weighted by Gasteiger charge is 2.21. The van der Waals surface area contributed by atoms with Crippen LogP contribution in [0.4, 0.5) is 5.69 Å². The maximum Gasteiger partial charge on any atom is 0.244 e. The molecule has 1 heterocycles. The summed E-state index contributed by atoms with van der Waals surface area (Å²) < 4.78 is 16.2. The monoisotopic (exact) mass is 396 g/mol. The summed E-state index contributed by atoms with van der Waals surface area (Å²) in [5, 5.41) is 2.81. The molecule has 0 spiro atoms. The van der Waals surface area contributed by atoms with Crippen LogP contribution < -0.4 is 19.5 Å². The molecule has 29 heavy (non-hydrogen) atoms. The van der Waals surface area contributed by atoms with Gasteiger partial charge in [0.25, 0.3) is 0 Å². The summed E-state index contributed by atoms with van der Waals surface area (Å²) in [6, 6.07) is 10.8. The highest BCUT2D eigenvalue weighted by atomic mass is 16.5. The van der Waals surface area contributed by atoms with Crippen molar-refractivity contribution in [3.63, 3.8) is 0 Å². The molecule has 2 amide bonds. The van der Waals surface area contributed by atoms with Gasteiger partial charge in [0.05, 0.1) is 32.9 Å². The van der Waals surface area contributed by atoms with Crippen molar-refractivity contribution in [2.24, 2.45) is 0 Å². The van der Waals surface area contributed by atoms with Crippen LogP contribution >= 0.6 is 0 Å². The average Bonchev–Trinajstić information content (AvgIpc) is 2.86. The number of nitrogens with zero attached hydrogens (tertiary/aromatic N) is 1. The van der Waals surface area contributed by atoms with Crippen LogP contribution in [-0.4, -0.2) is 44.1 Å². The van der Waals surface area contributed by atoms with Crippen LogP contribution in [0.3, 0.4) is 0 Å². The Hall–Kier alpha value is -3.48. The van der Waals surface area contributed by atoms with Crippen LogP contribution in [0.1, 0.15) is 18.1 Å². The molecule has 2 aromatic carbocycles. The smallest absolute Gasteiger partial charge is 0.244 e. The third kappa shape index (κ3) is 4.68. The van der Waals surface area contributed by atoms with Gasteiger partial charge in [-0.3, -0.25) is 9.59 Å². The summed E-state index contributed by atoms with van der Waals surface area (Å²) in [6.07, 6.45) is 3.57. The molecule has 0 radical (unpaired) electrons. The van der Waals surface area contributed by atoms with Crippen molar-refractivity contribution in [1.82, 2.24) is 4.90 Å². The lowest BCUT2D eigenvalue weighted by molar-refractivity contribution is -0.131. The van der Waals surface area contributed by atoms with Crippen molar-refractivity contribution in [2.75, 3.05) is 32.7 Å². The van der Waals surface area contributed by atoms with Crippen molar-refractivity contribution in [1.29, 1.82) is 0 Å². The van der Waals surface area contributed by atoms with E-state index >= 15 is 0 Å². The van der Waals surface area contributed by atoms with E-state index in [-0.39, 0.29) is 24.8 Å². The van der Waals surface area contributed by atoms with E-state index in [1.807, 2.05) is 25.1 Å². The van der Waals surface area contributed by atoms with Gasteiger partial charge in [-0.15, -0.1) is 0 Å². The first kappa shape index (κ1) is 20.3. The molecule has 0 aliphatic carbocycles. The van der Waals surface area contributed by atoms with Gasteiger partial charge in [-0.2, -0.15) is 0 Å². The first-order valence-corrected chi connectivity index (χ1v) is 9.30. The average molecular weight is 396 g/mol. The van der Waals surface area contributed by atoms with Crippen LogP contribution in [0.15, 0.2) is 42.6 Å². The van der Waals surface area contributed by atoms with Crippen LogP contribution in [0, 0.1) is 0 Å². The van der Waals surface area contributed by atoms with Crippen molar-refractivity contribution in [2.45, 2.75) is 13.3 Å². The Morgan fingerprint density at radius 3 is 2.55 bits per heavy atom. The van der Waals surface area contributed by atoms with Gasteiger partial charge in [-0.05, 0) is 48.4 Å².